The van der Waals surface area contributed by atoms with Crippen LogP contribution in [-0.4, -0.2) is 41.7 Å². The molecule has 5 heteroatoms. The first-order valence-electron chi connectivity index (χ1n) is 4.70. The first-order valence-corrected chi connectivity index (χ1v) is 5.62. The molecule has 1 saturated heterocycles. The van der Waals surface area contributed by atoms with Gasteiger partial charge in [-0.15, -0.1) is 0 Å². The summed E-state index contributed by atoms with van der Waals surface area (Å²) in [5.41, 5.74) is 1.28. The van der Waals surface area contributed by atoms with Gasteiger partial charge in [-0.25, -0.2) is 4.40 Å². The van der Waals surface area contributed by atoms with Gasteiger partial charge >= 0.3 is 0 Å². The minimum Gasteiger partial charge on any atom is -0.306 e. The lowest BCUT2D eigenvalue weighted by atomic mass is 9.91. The zero-order valence-corrected chi connectivity index (χ0v) is 10.4. The molecular formula is C9H17N3S2. The van der Waals surface area contributed by atoms with Crippen LogP contribution in [0.1, 0.15) is 13.3 Å². The summed E-state index contributed by atoms with van der Waals surface area (Å²) in [5, 5.41) is 7.91. The molecule has 0 radical (unpaired) electrons. The first-order chi connectivity index (χ1) is 6.56. The Labute approximate surface area is 96.4 Å². The monoisotopic (exact) mass is 231 g/mol. The largest absolute Gasteiger partial charge is 0.306 e. The van der Waals surface area contributed by atoms with Gasteiger partial charge in [0, 0.05) is 17.7 Å². The fourth-order valence-corrected chi connectivity index (χ4v) is 2.45. The fraction of sp³-hybridized carbons (Fsp3) is 0.778. The van der Waals surface area contributed by atoms with Crippen molar-refractivity contribution in [3.63, 3.8) is 0 Å². The maximum absolute atomic E-state index is 7.61. The Bertz CT molecular complexity index is 252. The summed E-state index contributed by atoms with van der Waals surface area (Å²) in [6.45, 7) is 3.75. The third-order valence-electron chi connectivity index (χ3n) is 2.62. The predicted molar refractivity (Wildman–Crippen MR) is 68.2 cm³/mol. The third kappa shape index (κ3) is 2.74. The van der Waals surface area contributed by atoms with Gasteiger partial charge in [0.1, 0.15) is 0 Å². The van der Waals surface area contributed by atoms with E-state index < -0.39 is 0 Å². The number of nitrogens with zero attached hydrogens (tertiary/aromatic N) is 2. The Morgan fingerprint density at radius 2 is 2.21 bits per heavy atom. The molecule has 0 amide bonds. The minimum atomic E-state index is 0.243. The molecule has 1 heterocycles. The molecule has 14 heavy (non-hydrogen) atoms. The minimum absolute atomic E-state index is 0.243. The number of nitrogens with one attached hydrogen (secondary N) is 1. The van der Waals surface area contributed by atoms with Crippen molar-refractivity contribution in [1.29, 1.82) is 5.41 Å². The van der Waals surface area contributed by atoms with Gasteiger partial charge in [-0.3, -0.25) is 0 Å². The van der Waals surface area contributed by atoms with Crippen molar-refractivity contribution in [2.75, 3.05) is 20.1 Å². The van der Waals surface area contributed by atoms with E-state index in [1.54, 1.807) is 6.92 Å². The molecule has 2 unspecified atom stereocenters. The Morgan fingerprint density at radius 3 is 2.71 bits per heavy atom. The zero-order valence-electron chi connectivity index (χ0n) is 8.56. The van der Waals surface area contributed by atoms with E-state index in [1.165, 1.54) is 0 Å². The molecule has 3 nitrogen and oxygen atoms in total. The van der Waals surface area contributed by atoms with E-state index in [4.69, 9.17) is 5.41 Å². The van der Waals surface area contributed by atoms with Crippen molar-refractivity contribution in [3.8, 4) is 0 Å². The van der Waals surface area contributed by atoms with Crippen LogP contribution in [0.25, 0.3) is 0 Å². The molecule has 80 valence electrons. The number of rotatable bonds is 2. The molecule has 2 atom stereocenters. The molecule has 0 spiro atoms. The van der Waals surface area contributed by atoms with Crippen molar-refractivity contribution >= 4 is 36.9 Å². The van der Waals surface area contributed by atoms with Gasteiger partial charge in [0.2, 0.25) is 0 Å². The molecule has 0 bridgehead atoms. The van der Waals surface area contributed by atoms with Gasteiger partial charge < -0.3 is 10.3 Å². The molecule has 1 N–H and O–H groups in total. The van der Waals surface area contributed by atoms with E-state index in [0.29, 0.717) is 11.0 Å². The van der Waals surface area contributed by atoms with Crippen LogP contribution in [0, 0.1) is 11.3 Å². The van der Waals surface area contributed by atoms with Crippen LogP contribution in [-0.2, 0) is 0 Å². The van der Waals surface area contributed by atoms with Gasteiger partial charge in [-0.2, -0.15) is 12.6 Å². The van der Waals surface area contributed by atoms with Crippen molar-refractivity contribution in [1.82, 2.24) is 4.90 Å². The van der Waals surface area contributed by atoms with Crippen LogP contribution in [0.3, 0.4) is 0 Å². The van der Waals surface area contributed by atoms with Crippen LogP contribution in [0.5, 0.6) is 0 Å². The highest BCUT2D eigenvalue weighted by atomic mass is 32.1. The Morgan fingerprint density at radius 1 is 1.57 bits per heavy atom. The summed E-state index contributed by atoms with van der Waals surface area (Å²) in [4.78, 5) is 2.25. The van der Waals surface area contributed by atoms with E-state index in [2.05, 4.69) is 41.8 Å². The van der Waals surface area contributed by atoms with Crippen molar-refractivity contribution in [2.24, 2.45) is 10.3 Å². The van der Waals surface area contributed by atoms with E-state index in [0.717, 1.165) is 25.2 Å². The number of hydrogen-bond acceptors (Lipinski definition) is 5. The van der Waals surface area contributed by atoms with Gasteiger partial charge in [-0.05, 0) is 39.8 Å². The highest BCUT2D eigenvalue weighted by Gasteiger charge is 2.29. The Balaban J connectivity index is 2.78. The average molecular weight is 231 g/mol. The van der Waals surface area contributed by atoms with Gasteiger partial charge in [-0.1, -0.05) is 0 Å². The second-order valence-corrected chi connectivity index (χ2v) is 4.70. The lowest BCUT2D eigenvalue weighted by molar-refractivity contribution is 0.254. The standard InChI is InChI=1S/C9H17N3S2/c1-6(10)9(11-14)7-5-12(2)4-3-8(7)13/h7-8,10,13-14H,3-5H2,1-2H3/b10-6?,11-9+. The molecule has 0 aromatic rings. The highest BCUT2D eigenvalue weighted by molar-refractivity contribution is 7.81. The molecule has 1 aliphatic rings. The van der Waals surface area contributed by atoms with E-state index in [9.17, 15) is 0 Å². The number of likely N-dealkylation sites (tertiary alicyclic amines) is 1. The summed E-state index contributed by atoms with van der Waals surface area (Å²) in [7, 11) is 2.09. The number of hydrogen-bond donors (Lipinski definition) is 3. The SMILES string of the molecule is CC(=N)/C(=N\S)C1CN(C)CCC1S. The predicted octanol–water partition coefficient (Wildman–Crippen LogP) is 1.56. The summed E-state index contributed by atoms with van der Waals surface area (Å²) >= 11 is 8.48. The molecule has 1 aliphatic heterocycles. The van der Waals surface area contributed by atoms with Gasteiger partial charge in [0.05, 0.1) is 11.4 Å². The van der Waals surface area contributed by atoms with Crippen molar-refractivity contribution in [2.45, 2.75) is 18.6 Å². The Hall–Kier alpha value is -0.0000000000000000555. The quantitative estimate of drug-likeness (QED) is 0.490. The van der Waals surface area contributed by atoms with Crippen LogP contribution < -0.4 is 0 Å². The van der Waals surface area contributed by atoms with E-state index in [1.807, 2.05) is 0 Å². The second-order valence-electron chi connectivity index (χ2n) is 3.83. The molecule has 1 rings (SSSR count). The van der Waals surface area contributed by atoms with E-state index in [-0.39, 0.29) is 5.92 Å². The summed E-state index contributed by atoms with van der Waals surface area (Å²) in [6.07, 6.45) is 1.05. The summed E-state index contributed by atoms with van der Waals surface area (Å²) in [6, 6.07) is 0. The third-order valence-corrected chi connectivity index (χ3v) is 3.46. The Kier molecular flexibility index (Phi) is 4.47. The molecule has 0 saturated carbocycles. The lowest BCUT2D eigenvalue weighted by Gasteiger charge is -2.34. The normalized spacial score (nSPS) is 30.4. The fourth-order valence-electron chi connectivity index (χ4n) is 1.80. The second kappa shape index (κ2) is 5.19. The van der Waals surface area contributed by atoms with Gasteiger partial charge in [0.25, 0.3) is 0 Å². The molecule has 0 aromatic carbocycles. The molecule has 0 aromatic heterocycles. The molecular weight excluding hydrogens is 214 g/mol. The topological polar surface area (TPSA) is 39.5 Å². The zero-order chi connectivity index (χ0) is 10.7. The first kappa shape index (κ1) is 12.1. The van der Waals surface area contributed by atoms with Crippen molar-refractivity contribution in [3.05, 3.63) is 0 Å². The lowest BCUT2D eigenvalue weighted by Crippen LogP contribution is -2.44. The molecule has 1 fully saturated rings. The van der Waals surface area contributed by atoms with E-state index >= 15 is 0 Å². The maximum atomic E-state index is 7.61. The van der Waals surface area contributed by atoms with Gasteiger partial charge in [0.15, 0.2) is 0 Å². The van der Waals surface area contributed by atoms with Crippen LogP contribution >= 0.6 is 25.4 Å². The number of thiol groups is 2. The van der Waals surface area contributed by atoms with Crippen LogP contribution in [0.4, 0.5) is 0 Å². The number of piperidine rings is 1. The highest BCUT2D eigenvalue weighted by Crippen LogP contribution is 2.23. The average Bonchev–Trinajstić information content (AvgIpc) is 2.11. The van der Waals surface area contributed by atoms with Crippen molar-refractivity contribution < 1.29 is 0 Å². The van der Waals surface area contributed by atoms with Crippen LogP contribution in [0.15, 0.2) is 4.40 Å². The molecule has 0 aliphatic carbocycles. The maximum Gasteiger partial charge on any atom is 0.0742 e. The summed E-state index contributed by atoms with van der Waals surface area (Å²) < 4.78 is 3.91. The summed E-state index contributed by atoms with van der Waals surface area (Å²) in [5.74, 6) is 0.243. The smallest absolute Gasteiger partial charge is 0.0742 e. The van der Waals surface area contributed by atoms with Crippen LogP contribution in [0.2, 0.25) is 0 Å².